The zero-order chi connectivity index (χ0) is 17.2. The van der Waals surface area contributed by atoms with E-state index in [0.717, 1.165) is 45.1 Å². The van der Waals surface area contributed by atoms with Crippen LogP contribution in [0.1, 0.15) is 45.4 Å². The van der Waals surface area contributed by atoms with Crippen molar-refractivity contribution < 1.29 is 14.3 Å². The van der Waals surface area contributed by atoms with Crippen molar-refractivity contribution in [2.45, 2.75) is 51.0 Å². The molecule has 1 saturated heterocycles. The number of nitrogens with one attached hydrogen (secondary N) is 1. The summed E-state index contributed by atoms with van der Waals surface area (Å²) in [5, 5.41) is 12.2. The molecule has 7 nitrogen and oxygen atoms in total. The van der Waals surface area contributed by atoms with Crippen LogP contribution in [0.3, 0.4) is 0 Å². The van der Waals surface area contributed by atoms with E-state index in [1.54, 1.807) is 6.92 Å². The number of hydrogen-bond acceptors (Lipinski definition) is 6. The Labute approximate surface area is 142 Å². The van der Waals surface area contributed by atoms with Crippen molar-refractivity contribution in [1.29, 1.82) is 5.26 Å². The highest BCUT2D eigenvalue weighted by Gasteiger charge is 2.49. The molecule has 1 spiro atoms. The van der Waals surface area contributed by atoms with Crippen LogP contribution in [0.4, 0.5) is 0 Å². The van der Waals surface area contributed by atoms with Gasteiger partial charge in [0.15, 0.2) is 5.92 Å². The van der Waals surface area contributed by atoms with Crippen LogP contribution < -0.4 is 5.32 Å². The number of hydrogen-bond donors (Lipinski definition) is 1. The van der Waals surface area contributed by atoms with Crippen LogP contribution in [0.2, 0.25) is 0 Å². The number of nitriles is 1. The van der Waals surface area contributed by atoms with Crippen LogP contribution >= 0.6 is 0 Å². The van der Waals surface area contributed by atoms with Gasteiger partial charge in [0.05, 0.1) is 24.1 Å². The summed E-state index contributed by atoms with van der Waals surface area (Å²) in [6.45, 7) is 3.43. The Kier molecular flexibility index (Phi) is 4.74. The zero-order valence-corrected chi connectivity index (χ0v) is 14.1. The number of esters is 1. The van der Waals surface area contributed by atoms with E-state index in [1.165, 1.54) is 0 Å². The molecule has 0 bridgehead atoms. The first kappa shape index (κ1) is 16.7. The lowest BCUT2D eigenvalue weighted by Gasteiger charge is -2.40. The van der Waals surface area contributed by atoms with Gasteiger partial charge in [0, 0.05) is 13.1 Å². The fourth-order valence-electron chi connectivity index (χ4n) is 4.07. The molecule has 24 heavy (non-hydrogen) atoms. The molecule has 0 aromatic carbocycles. The Morgan fingerprint density at radius 3 is 2.88 bits per heavy atom. The molecule has 2 atom stereocenters. The molecule has 1 amide bonds. The predicted octanol–water partition coefficient (Wildman–Crippen LogP) is 1.20. The summed E-state index contributed by atoms with van der Waals surface area (Å²) >= 11 is 0. The summed E-state index contributed by atoms with van der Waals surface area (Å²) in [6.07, 6.45) is 5.19. The second kappa shape index (κ2) is 6.80. The van der Waals surface area contributed by atoms with Gasteiger partial charge < -0.3 is 9.64 Å². The smallest absolute Gasteiger partial charge is 0.310 e. The van der Waals surface area contributed by atoms with Gasteiger partial charge in [-0.05, 0) is 32.6 Å². The van der Waals surface area contributed by atoms with E-state index in [0.29, 0.717) is 19.1 Å². The number of guanidine groups is 1. The minimum Gasteiger partial charge on any atom is -0.466 e. The highest BCUT2D eigenvalue weighted by molar-refractivity contribution is 6.02. The van der Waals surface area contributed by atoms with Crippen LogP contribution in [0.5, 0.6) is 0 Å². The molecule has 130 valence electrons. The Hall–Kier alpha value is -2.10. The SMILES string of the molecule is CCOC(=O)C1CCCN(C2=NC3(CCCC3)C(C#N)C(=O)N2)C1. The maximum Gasteiger partial charge on any atom is 0.310 e. The van der Waals surface area contributed by atoms with Crippen LogP contribution in [0.25, 0.3) is 0 Å². The standard InChI is InChI=1S/C17H24N4O3/c1-2-24-15(23)12-6-5-9-21(11-12)16-19-14(22)13(10-18)17(20-16)7-3-4-8-17/h12-13H,2-9,11H2,1H3,(H,19,20,22). The summed E-state index contributed by atoms with van der Waals surface area (Å²) in [4.78, 5) is 31.2. The largest absolute Gasteiger partial charge is 0.466 e. The van der Waals surface area contributed by atoms with Crippen LogP contribution in [-0.2, 0) is 14.3 Å². The van der Waals surface area contributed by atoms with Crippen molar-refractivity contribution >= 4 is 17.8 Å². The lowest BCUT2D eigenvalue weighted by atomic mass is 9.82. The van der Waals surface area contributed by atoms with E-state index in [4.69, 9.17) is 9.73 Å². The summed E-state index contributed by atoms with van der Waals surface area (Å²) in [6, 6.07) is 2.14. The molecule has 0 radical (unpaired) electrons. The quantitative estimate of drug-likeness (QED) is 0.767. The van der Waals surface area contributed by atoms with E-state index in [-0.39, 0.29) is 17.8 Å². The Morgan fingerprint density at radius 1 is 1.46 bits per heavy atom. The number of rotatable bonds is 2. The Morgan fingerprint density at radius 2 is 2.21 bits per heavy atom. The topological polar surface area (TPSA) is 94.8 Å². The average Bonchev–Trinajstić information content (AvgIpc) is 3.03. The number of carbonyl (C=O) groups excluding carboxylic acids is 2. The first-order valence-electron chi connectivity index (χ1n) is 8.81. The molecule has 0 aromatic heterocycles. The molecule has 3 rings (SSSR count). The zero-order valence-electron chi connectivity index (χ0n) is 14.1. The molecule has 1 saturated carbocycles. The van der Waals surface area contributed by atoms with Crippen molar-refractivity contribution in [3.05, 3.63) is 0 Å². The second-order valence-electron chi connectivity index (χ2n) is 6.83. The molecule has 7 heteroatoms. The summed E-state index contributed by atoms with van der Waals surface area (Å²) < 4.78 is 5.13. The Balaban J connectivity index is 1.80. The third kappa shape index (κ3) is 2.97. The van der Waals surface area contributed by atoms with Gasteiger partial charge >= 0.3 is 5.97 Å². The molecule has 2 heterocycles. The van der Waals surface area contributed by atoms with E-state index in [9.17, 15) is 14.9 Å². The van der Waals surface area contributed by atoms with Crippen LogP contribution in [0.15, 0.2) is 4.99 Å². The van der Waals surface area contributed by atoms with Gasteiger partial charge in [0.2, 0.25) is 11.9 Å². The normalized spacial score (nSPS) is 28.9. The number of likely N-dealkylation sites (tertiary alicyclic amines) is 1. The van der Waals surface area contributed by atoms with Gasteiger partial charge in [-0.15, -0.1) is 0 Å². The Bertz CT molecular complexity index is 589. The van der Waals surface area contributed by atoms with Gasteiger partial charge in [0.1, 0.15) is 0 Å². The van der Waals surface area contributed by atoms with Gasteiger partial charge in [-0.1, -0.05) is 12.8 Å². The van der Waals surface area contributed by atoms with E-state index < -0.39 is 11.5 Å². The van der Waals surface area contributed by atoms with Crippen molar-refractivity contribution in [3.63, 3.8) is 0 Å². The molecule has 3 aliphatic rings. The summed E-state index contributed by atoms with van der Waals surface area (Å²) in [5.41, 5.74) is -0.580. The maximum absolute atomic E-state index is 12.4. The molecule has 1 aliphatic carbocycles. The van der Waals surface area contributed by atoms with Gasteiger partial charge in [-0.3, -0.25) is 14.9 Å². The molecule has 2 unspecified atom stereocenters. The van der Waals surface area contributed by atoms with Crippen molar-refractivity contribution in [1.82, 2.24) is 10.2 Å². The molecule has 0 aromatic rings. The number of nitrogens with zero attached hydrogens (tertiary/aromatic N) is 3. The third-order valence-corrected chi connectivity index (χ3v) is 5.30. The van der Waals surface area contributed by atoms with E-state index in [1.807, 2.05) is 4.90 Å². The average molecular weight is 332 g/mol. The highest BCUT2D eigenvalue weighted by atomic mass is 16.5. The van der Waals surface area contributed by atoms with Crippen molar-refractivity contribution in [3.8, 4) is 6.07 Å². The highest BCUT2D eigenvalue weighted by Crippen LogP contribution is 2.41. The lowest BCUT2D eigenvalue weighted by molar-refractivity contribution is -0.149. The van der Waals surface area contributed by atoms with Crippen molar-refractivity contribution in [2.24, 2.45) is 16.8 Å². The van der Waals surface area contributed by atoms with Gasteiger partial charge in [0.25, 0.3) is 0 Å². The van der Waals surface area contributed by atoms with Crippen molar-refractivity contribution in [2.75, 3.05) is 19.7 Å². The maximum atomic E-state index is 12.4. The predicted molar refractivity (Wildman–Crippen MR) is 86.8 cm³/mol. The third-order valence-electron chi connectivity index (χ3n) is 5.30. The number of carbonyl (C=O) groups is 2. The second-order valence-corrected chi connectivity index (χ2v) is 6.83. The number of aliphatic imine (C=N–C) groups is 1. The minimum atomic E-state index is -0.714. The minimum absolute atomic E-state index is 0.185. The first-order chi connectivity index (χ1) is 11.6. The molecular weight excluding hydrogens is 308 g/mol. The molecular formula is C17H24N4O3. The van der Waals surface area contributed by atoms with Crippen LogP contribution in [-0.4, -0.2) is 48.0 Å². The van der Waals surface area contributed by atoms with Gasteiger partial charge in [-0.25, -0.2) is 4.99 Å². The lowest BCUT2D eigenvalue weighted by Crippen LogP contribution is -2.58. The van der Waals surface area contributed by atoms with E-state index in [2.05, 4.69) is 11.4 Å². The van der Waals surface area contributed by atoms with E-state index >= 15 is 0 Å². The molecule has 1 N–H and O–H groups in total. The summed E-state index contributed by atoms with van der Waals surface area (Å²) in [5.74, 6) is -0.818. The number of piperidine rings is 1. The summed E-state index contributed by atoms with van der Waals surface area (Å²) in [7, 11) is 0. The molecule has 2 aliphatic heterocycles. The van der Waals surface area contributed by atoms with Gasteiger partial charge in [-0.2, -0.15) is 5.26 Å². The number of amides is 1. The number of ether oxygens (including phenoxy) is 1. The van der Waals surface area contributed by atoms with Crippen LogP contribution in [0, 0.1) is 23.2 Å². The fraction of sp³-hybridized carbons (Fsp3) is 0.765. The molecule has 2 fully saturated rings. The first-order valence-corrected chi connectivity index (χ1v) is 8.81. The fourth-order valence-corrected chi connectivity index (χ4v) is 4.07. The monoisotopic (exact) mass is 332 g/mol.